The van der Waals surface area contributed by atoms with Gasteiger partial charge in [0.05, 0.1) is 0 Å². The van der Waals surface area contributed by atoms with Crippen LogP contribution in [0.1, 0.15) is 13.8 Å². The van der Waals surface area contributed by atoms with E-state index in [0.717, 1.165) is 4.31 Å². The highest BCUT2D eigenvalue weighted by Crippen LogP contribution is 2.23. The Kier molecular flexibility index (Phi) is 3.65. The molecule has 0 saturated carbocycles. The van der Waals surface area contributed by atoms with Crippen LogP contribution in [0.5, 0.6) is 0 Å². The first-order valence-corrected chi connectivity index (χ1v) is 5.46. The summed E-state index contributed by atoms with van der Waals surface area (Å²) in [5.74, 6) is -2.26. The van der Waals surface area contributed by atoms with Gasteiger partial charge in [-0.3, -0.25) is 0 Å². The fourth-order valence-corrected chi connectivity index (χ4v) is 2.38. The molecule has 0 heterocycles. The van der Waals surface area contributed by atoms with Crippen LogP contribution >= 0.6 is 0 Å². The minimum Gasteiger partial charge on any atom is -0.479 e. The maximum absolute atomic E-state index is 11.7. The van der Waals surface area contributed by atoms with Crippen LogP contribution in [0.2, 0.25) is 0 Å². The van der Waals surface area contributed by atoms with Crippen LogP contribution in [0, 0.1) is 5.92 Å². The number of carbonyl (C=O) groups is 1. The predicted molar refractivity (Wildman–Crippen MR) is 52.0 cm³/mol. The number of sulfonamides is 1. The molecule has 3 N–H and O–H groups in total. The van der Waals surface area contributed by atoms with Crippen LogP contribution in [-0.2, 0) is 14.8 Å². The Hall–Kier alpha value is -0.660. The van der Waals surface area contributed by atoms with Crippen LogP contribution < -0.4 is 5.73 Å². The lowest BCUT2D eigenvalue weighted by Gasteiger charge is -2.30. The lowest BCUT2D eigenvalue weighted by Crippen LogP contribution is -2.61. The van der Waals surface area contributed by atoms with Gasteiger partial charge in [-0.25, -0.2) is 17.5 Å². The Morgan fingerprint density at radius 3 is 1.86 bits per heavy atom. The smallest absolute Gasteiger partial charge is 0.341 e. The topological polar surface area (TPSA) is 101 Å². The van der Waals surface area contributed by atoms with Crippen molar-refractivity contribution in [2.75, 3.05) is 14.1 Å². The Morgan fingerprint density at radius 1 is 1.43 bits per heavy atom. The Labute approximate surface area is 83.7 Å². The van der Waals surface area contributed by atoms with E-state index in [1.807, 2.05) is 0 Å². The largest absolute Gasteiger partial charge is 0.479 e. The third kappa shape index (κ3) is 1.75. The molecule has 0 aliphatic heterocycles. The number of hydrogen-bond donors (Lipinski definition) is 2. The SMILES string of the molecule is CC(C)C(N)(C(=O)O)S(=O)(=O)N(C)C. The number of carboxylic acids is 1. The lowest BCUT2D eigenvalue weighted by molar-refractivity contribution is -0.141. The van der Waals surface area contributed by atoms with E-state index in [1.165, 1.54) is 27.9 Å². The number of nitrogens with two attached hydrogens (primary N) is 1. The summed E-state index contributed by atoms with van der Waals surface area (Å²) in [7, 11) is -1.52. The highest BCUT2D eigenvalue weighted by atomic mass is 32.2. The van der Waals surface area contributed by atoms with Gasteiger partial charge in [-0.05, 0) is 5.92 Å². The molecule has 14 heavy (non-hydrogen) atoms. The van der Waals surface area contributed by atoms with Crippen molar-refractivity contribution in [1.29, 1.82) is 0 Å². The van der Waals surface area contributed by atoms with Gasteiger partial charge in [-0.2, -0.15) is 0 Å². The molecule has 0 aliphatic rings. The molecule has 84 valence electrons. The molecular weight excluding hydrogens is 208 g/mol. The van der Waals surface area contributed by atoms with E-state index < -0.39 is 26.8 Å². The third-order valence-electron chi connectivity index (χ3n) is 2.10. The number of hydrogen-bond acceptors (Lipinski definition) is 4. The van der Waals surface area contributed by atoms with Crippen LogP contribution in [0.15, 0.2) is 0 Å². The monoisotopic (exact) mass is 224 g/mol. The average Bonchev–Trinajstić information content (AvgIpc) is 2.01. The van der Waals surface area contributed by atoms with E-state index in [9.17, 15) is 13.2 Å². The first kappa shape index (κ1) is 13.3. The van der Waals surface area contributed by atoms with Crippen LogP contribution in [0.4, 0.5) is 0 Å². The van der Waals surface area contributed by atoms with Crippen molar-refractivity contribution < 1.29 is 18.3 Å². The van der Waals surface area contributed by atoms with Crippen LogP contribution in [0.25, 0.3) is 0 Å². The van der Waals surface area contributed by atoms with Gasteiger partial charge in [0, 0.05) is 14.1 Å². The summed E-state index contributed by atoms with van der Waals surface area (Å²) < 4.78 is 24.1. The molecule has 0 amide bonds. The van der Waals surface area contributed by atoms with Gasteiger partial charge in [-0.1, -0.05) is 13.8 Å². The minimum absolute atomic E-state index is 0.715. The molecule has 0 bridgehead atoms. The molecule has 0 spiro atoms. The van der Waals surface area contributed by atoms with Crippen molar-refractivity contribution >= 4 is 16.0 Å². The maximum atomic E-state index is 11.7. The summed E-state index contributed by atoms with van der Waals surface area (Å²) >= 11 is 0. The van der Waals surface area contributed by atoms with E-state index in [0.29, 0.717) is 0 Å². The molecule has 1 atom stereocenters. The van der Waals surface area contributed by atoms with Crippen LogP contribution in [0.3, 0.4) is 0 Å². The second-order valence-corrected chi connectivity index (χ2v) is 5.90. The van der Waals surface area contributed by atoms with Crippen molar-refractivity contribution in [3.05, 3.63) is 0 Å². The third-order valence-corrected chi connectivity index (χ3v) is 4.56. The van der Waals surface area contributed by atoms with Crippen molar-refractivity contribution in [3.8, 4) is 0 Å². The first-order valence-electron chi connectivity index (χ1n) is 4.02. The molecule has 0 radical (unpaired) electrons. The van der Waals surface area contributed by atoms with Gasteiger partial charge >= 0.3 is 5.97 Å². The first-order chi connectivity index (χ1) is 6.08. The van der Waals surface area contributed by atoms with Gasteiger partial charge < -0.3 is 10.8 Å². The second kappa shape index (κ2) is 3.84. The fraction of sp³-hybridized carbons (Fsp3) is 0.857. The normalized spacial score (nSPS) is 17.1. The molecule has 0 rings (SSSR count). The van der Waals surface area contributed by atoms with Crippen molar-refractivity contribution in [1.82, 2.24) is 4.31 Å². The highest BCUT2D eigenvalue weighted by Gasteiger charge is 2.51. The zero-order chi connectivity index (χ0) is 11.7. The van der Waals surface area contributed by atoms with E-state index in [4.69, 9.17) is 10.8 Å². The summed E-state index contributed by atoms with van der Waals surface area (Å²) in [5, 5.41) is 8.86. The van der Waals surface area contributed by atoms with E-state index in [2.05, 4.69) is 0 Å². The zero-order valence-corrected chi connectivity index (χ0v) is 9.50. The molecule has 1 unspecified atom stereocenters. The predicted octanol–water partition coefficient (Wildman–Crippen LogP) is -0.727. The fourth-order valence-electron chi connectivity index (χ4n) is 0.957. The van der Waals surface area contributed by atoms with Gasteiger partial charge in [0.25, 0.3) is 0 Å². The molecule has 7 heteroatoms. The average molecular weight is 224 g/mol. The van der Waals surface area contributed by atoms with Crippen molar-refractivity contribution in [2.24, 2.45) is 11.7 Å². The number of carboxylic acid groups (broad SMARTS) is 1. The zero-order valence-electron chi connectivity index (χ0n) is 8.68. The lowest BCUT2D eigenvalue weighted by atomic mass is 10.1. The summed E-state index contributed by atoms with van der Waals surface area (Å²) in [4.78, 5) is 8.62. The minimum atomic E-state index is -4.03. The summed E-state index contributed by atoms with van der Waals surface area (Å²) in [5.41, 5.74) is 5.43. The maximum Gasteiger partial charge on any atom is 0.341 e. The summed E-state index contributed by atoms with van der Waals surface area (Å²) in [6, 6.07) is 0. The molecule has 0 aromatic rings. The number of aliphatic carboxylic acids is 1. The van der Waals surface area contributed by atoms with Crippen molar-refractivity contribution in [3.63, 3.8) is 0 Å². The molecule has 0 aromatic heterocycles. The molecule has 0 fully saturated rings. The summed E-state index contributed by atoms with van der Waals surface area (Å²) in [6.07, 6.45) is 0. The summed E-state index contributed by atoms with van der Waals surface area (Å²) in [6.45, 7) is 2.91. The Morgan fingerprint density at radius 2 is 1.79 bits per heavy atom. The van der Waals surface area contributed by atoms with Crippen molar-refractivity contribution in [2.45, 2.75) is 18.7 Å². The van der Waals surface area contributed by atoms with E-state index >= 15 is 0 Å². The second-order valence-electron chi connectivity index (χ2n) is 3.54. The van der Waals surface area contributed by atoms with Gasteiger partial charge in [0.1, 0.15) is 0 Å². The van der Waals surface area contributed by atoms with Crippen LogP contribution in [-0.4, -0.2) is 42.8 Å². The van der Waals surface area contributed by atoms with Gasteiger partial charge in [0.15, 0.2) is 0 Å². The van der Waals surface area contributed by atoms with E-state index in [-0.39, 0.29) is 0 Å². The number of rotatable bonds is 4. The van der Waals surface area contributed by atoms with E-state index in [1.54, 1.807) is 0 Å². The molecule has 6 nitrogen and oxygen atoms in total. The standard InChI is InChI=1S/C7H16N2O4S/c1-5(2)7(8,6(10)11)14(12,13)9(3)4/h5H,8H2,1-4H3,(H,10,11). The Bertz CT molecular complexity index is 323. The molecular formula is C7H16N2O4S. The molecule has 0 aliphatic carbocycles. The molecule has 0 saturated heterocycles. The Balaban J connectivity index is 5.58. The van der Waals surface area contributed by atoms with Gasteiger partial charge in [0.2, 0.25) is 14.9 Å². The molecule has 0 aromatic carbocycles. The number of nitrogens with zero attached hydrogens (tertiary/aromatic N) is 1. The highest BCUT2D eigenvalue weighted by molar-refractivity contribution is 7.91. The quantitative estimate of drug-likeness (QED) is 0.656. The van der Waals surface area contributed by atoms with Gasteiger partial charge in [-0.15, -0.1) is 0 Å².